The minimum absolute atomic E-state index is 0.0194. The number of rotatable bonds is 4. The molecule has 5 aliphatic rings. The molecule has 2 aromatic rings. The van der Waals surface area contributed by atoms with E-state index >= 15 is 0 Å². The van der Waals surface area contributed by atoms with Gasteiger partial charge in [0.1, 0.15) is 5.75 Å². The molecule has 33 heavy (non-hydrogen) atoms. The average Bonchev–Trinajstić information content (AvgIpc) is 3.05. The number of hydrazine groups is 1. The Hall–Kier alpha value is -2.38. The van der Waals surface area contributed by atoms with Gasteiger partial charge in [0, 0.05) is 5.39 Å². The maximum absolute atomic E-state index is 13.4. The molecule has 1 saturated heterocycles. The van der Waals surface area contributed by atoms with Crippen LogP contribution in [0.5, 0.6) is 5.75 Å². The molecule has 0 aromatic heterocycles. The molecule has 0 atom stereocenters. The lowest BCUT2D eigenvalue weighted by Gasteiger charge is -2.55. The van der Waals surface area contributed by atoms with E-state index in [1.807, 2.05) is 42.5 Å². The predicted octanol–water partition coefficient (Wildman–Crippen LogP) is 5.30. The first-order valence-corrected chi connectivity index (χ1v) is 12.8. The lowest BCUT2D eigenvalue weighted by atomic mass is 9.49. The first kappa shape index (κ1) is 21.2. The van der Waals surface area contributed by atoms with Crippen molar-refractivity contribution in [3.63, 3.8) is 0 Å². The summed E-state index contributed by atoms with van der Waals surface area (Å²) in [7, 11) is 1.65. The Bertz CT molecular complexity index is 1190. The van der Waals surface area contributed by atoms with Crippen molar-refractivity contribution in [3.05, 3.63) is 46.9 Å². The zero-order valence-corrected chi connectivity index (χ0v) is 20.1. The Kier molecular flexibility index (Phi) is 5.03. The Morgan fingerprint density at radius 1 is 1.09 bits per heavy atom. The molecule has 0 spiro atoms. The summed E-state index contributed by atoms with van der Waals surface area (Å²) in [5, 5.41) is 3.28. The van der Waals surface area contributed by atoms with Crippen LogP contribution in [0, 0.1) is 23.2 Å². The van der Waals surface area contributed by atoms with Crippen molar-refractivity contribution in [3.8, 4) is 5.75 Å². The summed E-state index contributed by atoms with van der Waals surface area (Å²) in [5.74, 6) is 2.50. The summed E-state index contributed by atoms with van der Waals surface area (Å²) in [5.41, 5.74) is 3.52. The third-order valence-electron chi connectivity index (χ3n) is 7.95. The third kappa shape index (κ3) is 3.48. The number of fused-ring (bicyclic) bond motifs is 1. The van der Waals surface area contributed by atoms with Crippen LogP contribution in [-0.2, 0) is 9.59 Å². The second kappa shape index (κ2) is 7.84. The summed E-state index contributed by atoms with van der Waals surface area (Å²) in [6.07, 6.45) is 8.52. The highest BCUT2D eigenvalue weighted by atomic mass is 32.2. The molecule has 0 unspecified atom stereocenters. The highest BCUT2D eigenvalue weighted by Gasteiger charge is 2.55. The number of ether oxygens (including phenoxy) is 1. The number of thioether (sulfide) groups is 1. The fourth-order valence-electron chi connectivity index (χ4n) is 6.91. The lowest BCUT2D eigenvalue weighted by Crippen LogP contribution is -2.57. The summed E-state index contributed by atoms with van der Waals surface area (Å²) >= 11 is 6.74. The van der Waals surface area contributed by atoms with Crippen LogP contribution in [0.3, 0.4) is 0 Å². The minimum atomic E-state index is -0.325. The molecule has 2 aromatic carbocycles. The van der Waals surface area contributed by atoms with Gasteiger partial charge >= 0.3 is 0 Å². The van der Waals surface area contributed by atoms with E-state index in [0.29, 0.717) is 27.0 Å². The van der Waals surface area contributed by atoms with E-state index in [0.717, 1.165) is 41.3 Å². The zero-order chi connectivity index (χ0) is 22.7. The molecule has 2 amide bonds. The number of nitrogens with one attached hydrogen (secondary N) is 1. The summed E-state index contributed by atoms with van der Waals surface area (Å²) in [6, 6.07) is 11.8. The smallest absolute Gasteiger partial charge is 0.285 e. The van der Waals surface area contributed by atoms with Crippen molar-refractivity contribution in [1.29, 1.82) is 0 Å². The van der Waals surface area contributed by atoms with E-state index < -0.39 is 0 Å². The lowest BCUT2D eigenvalue weighted by molar-refractivity contribution is -0.152. The third-order valence-corrected chi connectivity index (χ3v) is 9.25. The monoisotopic (exact) mass is 478 g/mol. The van der Waals surface area contributed by atoms with Gasteiger partial charge in [-0.25, -0.2) is 0 Å². The molecule has 170 valence electrons. The van der Waals surface area contributed by atoms with Crippen LogP contribution in [0.25, 0.3) is 16.8 Å². The van der Waals surface area contributed by atoms with E-state index in [4.69, 9.17) is 17.0 Å². The van der Waals surface area contributed by atoms with Gasteiger partial charge in [0.15, 0.2) is 4.32 Å². The standard InChI is InChI=1S/C26H26N2O3S2/c1-31-21-7-6-18(19-4-2-3-5-20(19)21)11-22-23(29)28(25(32)33-22)27-24(30)26-12-15-8-16(13-26)10-17(9-15)14-26/h2-7,11,15-17H,8-10,12-14H2,1H3,(H,27,30)/b22-11+. The highest BCUT2D eigenvalue weighted by Crippen LogP contribution is 2.60. The minimum Gasteiger partial charge on any atom is -0.496 e. The van der Waals surface area contributed by atoms with Gasteiger partial charge in [0.05, 0.1) is 17.4 Å². The molecule has 4 aliphatic carbocycles. The van der Waals surface area contributed by atoms with Gasteiger partial charge in [-0.1, -0.05) is 42.1 Å². The van der Waals surface area contributed by atoms with Crippen molar-refractivity contribution in [2.45, 2.75) is 38.5 Å². The number of hydrogen-bond donors (Lipinski definition) is 1. The first-order chi connectivity index (χ1) is 16.0. The second-order valence-electron chi connectivity index (χ2n) is 10.1. The van der Waals surface area contributed by atoms with Gasteiger partial charge in [0.2, 0.25) is 5.91 Å². The van der Waals surface area contributed by atoms with Crippen molar-refractivity contribution >= 4 is 57.0 Å². The number of amides is 2. The molecule has 0 radical (unpaired) electrons. The quantitative estimate of drug-likeness (QED) is 0.478. The maximum Gasteiger partial charge on any atom is 0.285 e. The molecule has 7 heteroatoms. The predicted molar refractivity (Wildman–Crippen MR) is 134 cm³/mol. The number of nitrogens with zero attached hydrogens (tertiary/aromatic N) is 1. The Labute approximate surface area is 202 Å². The second-order valence-corrected chi connectivity index (χ2v) is 11.7. The largest absolute Gasteiger partial charge is 0.496 e. The van der Waals surface area contributed by atoms with Crippen LogP contribution in [0.2, 0.25) is 0 Å². The number of methoxy groups -OCH3 is 1. The topological polar surface area (TPSA) is 58.6 Å². The normalized spacial score (nSPS) is 31.6. The van der Waals surface area contributed by atoms with Crippen molar-refractivity contribution in [2.75, 3.05) is 7.11 Å². The van der Waals surface area contributed by atoms with Crippen molar-refractivity contribution in [2.24, 2.45) is 23.2 Å². The number of carbonyl (C=O) groups excluding carboxylic acids is 2. The van der Waals surface area contributed by atoms with Gasteiger partial charge in [-0.05, 0) is 91.6 Å². The summed E-state index contributed by atoms with van der Waals surface area (Å²) in [6.45, 7) is 0. The van der Waals surface area contributed by atoms with Gasteiger partial charge < -0.3 is 4.74 Å². The number of benzene rings is 2. The fourth-order valence-corrected chi connectivity index (χ4v) is 8.08. The molecular formula is C26H26N2O3S2. The Morgan fingerprint density at radius 2 is 1.73 bits per heavy atom. The Balaban J connectivity index is 1.25. The molecule has 4 saturated carbocycles. The van der Waals surface area contributed by atoms with Gasteiger partial charge in [-0.3, -0.25) is 15.0 Å². The average molecular weight is 479 g/mol. The van der Waals surface area contributed by atoms with Crippen LogP contribution in [0.1, 0.15) is 44.1 Å². The SMILES string of the molecule is COc1ccc(/C=C2/SC(=S)N(NC(=O)C34CC5CC(CC(C5)C3)C4)C2=O)c2ccccc12. The summed E-state index contributed by atoms with van der Waals surface area (Å²) < 4.78 is 5.86. The van der Waals surface area contributed by atoms with Crippen LogP contribution in [-0.4, -0.2) is 28.3 Å². The summed E-state index contributed by atoms with van der Waals surface area (Å²) in [4.78, 5) is 27.2. The van der Waals surface area contributed by atoms with Crippen molar-refractivity contribution < 1.29 is 14.3 Å². The Morgan fingerprint density at radius 3 is 2.36 bits per heavy atom. The molecular weight excluding hydrogens is 452 g/mol. The van der Waals surface area contributed by atoms with E-state index in [2.05, 4.69) is 5.43 Å². The van der Waals surface area contributed by atoms with Gasteiger partial charge in [-0.15, -0.1) is 0 Å². The van der Waals surface area contributed by atoms with E-state index in [1.54, 1.807) is 7.11 Å². The van der Waals surface area contributed by atoms with E-state index in [9.17, 15) is 9.59 Å². The molecule has 4 bridgehead atoms. The van der Waals surface area contributed by atoms with E-state index in [1.165, 1.54) is 36.0 Å². The van der Waals surface area contributed by atoms with Gasteiger partial charge in [0.25, 0.3) is 5.91 Å². The maximum atomic E-state index is 13.4. The van der Waals surface area contributed by atoms with Crippen LogP contribution < -0.4 is 10.2 Å². The van der Waals surface area contributed by atoms with E-state index in [-0.39, 0.29) is 17.2 Å². The van der Waals surface area contributed by atoms with Crippen molar-refractivity contribution in [1.82, 2.24) is 10.4 Å². The molecule has 1 heterocycles. The molecule has 5 nitrogen and oxygen atoms in total. The van der Waals surface area contributed by atoms with Crippen LogP contribution in [0.15, 0.2) is 41.3 Å². The molecule has 5 fully saturated rings. The molecule has 1 aliphatic heterocycles. The zero-order valence-electron chi connectivity index (χ0n) is 18.5. The number of carbonyl (C=O) groups is 2. The van der Waals surface area contributed by atoms with Crippen LogP contribution in [0.4, 0.5) is 0 Å². The molecule has 1 N–H and O–H groups in total. The molecule has 7 rings (SSSR count). The van der Waals surface area contributed by atoms with Crippen LogP contribution >= 0.6 is 24.0 Å². The number of thiocarbonyl (C=S) groups is 1. The fraction of sp³-hybridized carbons (Fsp3) is 0.423. The van der Waals surface area contributed by atoms with Gasteiger partial charge in [-0.2, -0.15) is 5.01 Å². The highest BCUT2D eigenvalue weighted by molar-refractivity contribution is 8.26. The first-order valence-electron chi connectivity index (χ1n) is 11.6. The number of hydrogen-bond acceptors (Lipinski definition) is 5.